The Morgan fingerprint density at radius 2 is 1.88 bits per heavy atom. The number of carbonyl (C=O) groups excluding carboxylic acids is 1. The van der Waals surface area contributed by atoms with Crippen LogP contribution < -0.4 is 19.5 Å². The van der Waals surface area contributed by atoms with Gasteiger partial charge in [0.1, 0.15) is 19.0 Å². The smallest absolute Gasteiger partial charge is 0.260 e. The molecule has 1 atom stereocenters. The van der Waals surface area contributed by atoms with Crippen molar-refractivity contribution in [2.24, 2.45) is 0 Å². The molecule has 0 unspecified atom stereocenters. The zero-order valence-electron chi connectivity index (χ0n) is 14.0. The van der Waals surface area contributed by atoms with Crippen LogP contribution in [0, 0.1) is 0 Å². The number of amides is 1. The first-order chi connectivity index (χ1) is 12.1. The van der Waals surface area contributed by atoms with Gasteiger partial charge in [0.2, 0.25) is 0 Å². The third kappa shape index (κ3) is 4.89. The molecule has 0 bridgehead atoms. The van der Waals surface area contributed by atoms with Gasteiger partial charge >= 0.3 is 0 Å². The lowest BCUT2D eigenvalue weighted by atomic mass is 10.1. The van der Waals surface area contributed by atoms with Gasteiger partial charge in [0.05, 0.1) is 0 Å². The van der Waals surface area contributed by atoms with Crippen molar-refractivity contribution in [2.45, 2.75) is 19.4 Å². The third-order valence-electron chi connectivity index (χ3n) is 3.82. The first kappa shape index (κ1) is 17.6. The van der Waals surface area contributed by atoms with Crippen LogP contribution in [0.3, 0.4) is 0 Å². The van der Waals surface area contributed by atoms with Crippen molar-refractivity contribution in [3.05, 3.63) is 52.5 Å². The normalized spacial score (nSPS) is 13.8. The van der Waals surface area contributed by atoms with E-state index in [1.54, 1.807) is 6.92 Å². The van der Waals surface area contributed by atoms with Crippen LogP contribution >= 0.6 is 15.9 Å². The van der Waals surface area contributed by atoms with Gasteiger partial charge in [-0.1, -0.05) is 22.0 Å². The zero-order valence-corrected chi connectivity index (χ0v) is 15.5. The number of hydrogen-bond acceptors (Lipinski definition) is 4. The molecule has 0 fully saturated rings. The van der Waals surface area contributed by atoms with Crippen molar-refractivity contribution < 1.29 is 19.0 Å². The van der Waals surface area contributed by atoms with Crippen molar-refractivity contribution in [3.8, 4) is 17.2 Å². The molecule has 3 rings (SSSR count). The summed E-state index contributed by atoms with van der Waals surface area (Å²) in [6.45, 7) is 3.42. The molecular formula is C19H20BrNO4. The lowest BCUT2D eigenvalue weighted by Gasteiger charge is -2.19. The molecule has 0 spiro atoms. The lowest BCUT2D eigenvalue weighted by molar-refractivity contribution is -0.127. The second kappa shape index (κ2) is 8.25. The summed E-state index contributed by atoms with van der Waals surface area (Å²) in [6, 6.07) is 13.3. The Hall–Kier alpha value is -2.21. The fourth-order valence-electron chi connectivity index (χ4n) is 2.49. The molecule has 1 aliphatic rings. The van der Waals surface area contributed by atoms with E-state index >= 15 is 0 Å². The van der Waals surface area contributed by atoms with Crippen LogP contribution in [0.15, 0.2) is 46.9 Å². The van der Waals surface area contributed by atoms with E-state index in [0.717, 1.165) is 21.5 Å². The van der Waals surface area contributed by atoms with Gasteiger partial charge in [-0.05, 0) is 55.3 Å². The van der Waals surface area contributed by atoms with Crippen LogP contribution in [0.2, 0.25) is 0 Å². The van der Waals surface area contributed by atoms with Crippen molar-refractivity contribution >= 4 is 21.8 Å². The lowest BCUT2D eigenvalue weighted by Crippen LogP contribution is -2.37. The Balaban J connectivity index is 1.46. The Bertz CT molecular complexity index is 733. The maximum absolute atomic E-state index is 12.1. The summed E-state index contributed by atoms with van der Waals surface area (Å²) >= 11 is 3.37. The van der Waals surface area contributed by atoms with Crippen LogP contribution in [0.4, 0.5) is 0 Å². The topological polar surface area (TPSA) is 56.8 Å². The molecule has 1 heterocycles. The highest BCUT2D eigenvalue weighted by molar-refractivity contribution is 9.10. The molecule has 1 aliphatic heterocycles. The summed E-state index contributed by atoms with van der Waals surface area (Å²) in [5, 5.41) is 2.90. The maximum atomic E-state index is 12.1. The fraction of sp³-hybridized carbons (Fsp3) is 0.316. The molecule has 1 N–H and O–H groups in total. The standard InChI is InChI=1S/C19H20BrNO4/c1-13(25-16-5-3-15(20)4-6-16)19(22)21-9-8-14-2-7-17-18(12-14)24-11-10-23-17/h2-7,12-13H,8-11H2,1H3,(H,21,22)/t13-/m0/s1. The van der Waals surface area contributed by atoms with E-state index in [2.05, 4.69) is 21.2 Å². The molecule has 2 aromatic rings. The highest BCUT2D eigenvalue weighted by atomic mass is 79.9. The number of halogens is 1. The molecular weight excluding hydrogens is 386 g/mol. The average Bonchev–Trinajstić information content (AvgIpc) is 2.63. The monoisotopic (exact) mass is 405 g/mol. The van der Waals surface area contributed by atoms with Crippen LogP contribution in [-0.4, -0.2) is 31.8 Å². The predicted molar refractivity (Wildman–Crippen MR) is 98.4 cm³/mol. The summed E-state index contributed by atoms with van der Waals surface area (Å²) in [4.78, 5) is 12.1. The predicted octanol–water partition coefficient (Wildman–Crippen LogP) is 3.35. The molecule has 0 aliphatic carbocycles. The minimum Gasteiger partial charge on any atom is -0.486 e. The van der Waals surface area contributed by atoms with Crippen molar-refractivity contribution in [1.29, 1.82) is 0 Å². The van der Waals surface area contributed by atoms with Crippen LogP contribution in [0.5, 0.6) is 17.2 Å². The van der Waals surface area contributed by atoms with Gasteiger partial charge in [-0.15, -0.1) is 0 Å². The number of nitrogens with one attached hydrogen (secondary N) is 1. The maximum Gasteiger partial charge on any atom is 0.260 e. The van der Waals surface area contributed by atoms with E-state index in [1.807, 2.05) is 42.5 Å². The van der Waals surface area contributed by atoms with Crippen LogP contribution in [-0.2, 0) is 11.2 Å². The summed E-state index contributed by atoms with van der Waals surface area (Å²) in [5.74, 6) is 2.07. The minimum atomic E-state index is -0.554. The number of hydrogen-bond donors (Lipinski definition) is 1. The first-order valence-corrected chi connectivity index (χ1v) is 8.99. The van der Waals surface area contributed by atoms with Gasteiger partial charge in [-0.2, -0.15) is 0 Å². The largest absolute Gasteiger partial charge is 0.486 e. The summed E-state index contributed by atoms with van der Waals surface area (Å²) in [5.41, 5.74) is 1.09. The summed E-state index contributed by atoms with van der Waals surface area (Å²) in [6.07, 6.45) is 0.161. The highest BCUT2D eigenvalue weighted by Gasteiger charge is 2.15. The number of rotatable bonds is 6. The van der Waals surface area contributed by atoms with Gasteiger partial charge in [-0.25, -0.2) is 0 Å². The van der Waals surface area contributed by atoms with Crippen molar-refractivity contribution in [3.63, 3.8) is 0 Å². The van der Waals surface area contributed by atoms with E-state index in [-0.39, 0.29) is 5.91 Å². The molecule has 0 saturated heterocycles. The molecule has 25 heavy (non-hydrogen) atoms. The minimum absolute atomic E-state index is 0.138. The van der Waals surface area contributed by atoms with Crippen LogP contribution in [0.25, 0.3) is 0 Å². The highest BCUT2D eigenvalue weighted by Crippen LogP contribution is 2.30. The number of ether oxygens (including phenoxy) is 3. The molecule has 0 saturated carbocycles. The summed E-state index contributed by atoms with van der Waals surface area (Å²) in [7, 11) is 0. The van der Waals surface area contributed by atoms with Gasteiger partial charge in [0.15, 0.2) is 17.6 Å². The first-order valence-electron chi connectivity index (χ1n) is 8.20. The van der Waals surface area contributed by atoms with Crippen molar-refractivity contribution in [2.75, 3.05) is 19.8 Å². The number of benzene rings is 2. The SMILES string of the molecule is C[C@H](Oc1ccc(Br)cc1)C(=O)NCCc1ccc2c(c1)OCCO2. The van der Waals surface area contributed by atoms with Gasteiger partial charge in [0.25, 0.3) is 5.91 Å². The molecule has 0 radical (unpaired) electrons. The third-order valence-corrected chi connectivity index (χ3v) is 4.34. The number of fused-ring (bicyclic) bond motifs is 1. The van der Waals surface area contributed by atoms with Gasteiger partial charge < -0.3 is 19.5 Å². The molecule has 2 aromatic carbocycles. The molecule has 6 heteroatoms. The second-order valence-electron chi connectivity index (χ2n) is 5.73. The number of carbonyl (C=O) groups is 1. The van der Waals surface area contributed by atoms with E-state index < -0.39 is 6.10 Å². The Morgan fingerprint density at radius 3 is 2.64 bits per heavy atom. The van der Waals surface area contributed by atoms with E-state index in [1.165, 1.54) is 0 Å². The second-order valence-corrected chi connectivity index (χ2v) is 6.65. The molecule has 0 aromatic heterocycles. The van der Waals surface area contributed by atoms with E-state index in [0.29, 0.717) is 31.9 Å². The van der Waals surface area contributed by atoms with Gasteiger partial charge in [0, 0.05) is 11.0 Å². The van der Waals surface area contributed by atoms with Crippen LogP contribution in [0.1, 0.15) is 12.5 Å². The quantitative estimate of drug-likeness (QED) is 0.800. The van der Waals surface area contributed by atoms with E-state index in [9.17, 15) is 4.79 Å². The Morgan fingerprint density at radius 1 is 1.16 bits per heavy atom. The van der Waals surface area contributed by atoms with Gasteiger partial charge in [-0.3, -0.25) is 4.79 Å². The molecule has 1 amide bonds. The zero-order chi connectivity index (χ0) is 17.6. The molecule has 132 valence electrons. The summed E-state index contributed by atoms with van der Waals surface area (Å²) < 4.78 is 17.7. The van der Waals surface area contributed by atoms with E-state index in [4.69, 9.17) is 14.2 Å². The van der Waals surface area contributed by atoms with Crippen molar-refractivity contribution in [1.82, 2.24) is 5.32 Å². The fourth-order valence-corrected chi connectivity index (χ4v) is 2.75. The molecule has 5 nitrogen and oxygen atoms in total. The Kier molecular flexibility index (Phi) is 5.81. The average molecular weight is 406 g/mol. The Labute approximate surface area is 155 Å².